The van der Waals surface area contributed by atoms with Crippen LogP contribution in [-0.2, 0) is 10.8 Å². The normalized spacial score (nSPS) is 14.2. The molecule has 8 aromatic carbocycles. The van der Waals surface area contributed by atoms with Crippen LogP contribution in [0.3, 0.4) is 0 Å². The molecule has 5 nitrogen and oxygen atoms in total. The van der Waals surface area contributed by atoms with Crippen molar-refractivity contribution in [2.24, 2.45) is 0 Å². The van der Waals surface area contributed by atoms with E-state index in [4.69, 9.17) is 15.0 Å². The van der Waals surface area contributed by atoms with Crippen LogP contribution in [0.4, 0.5) is 0 Å². The lowest BCUT2D eigenvalue weighted by Gasteiger charge is -2.24. The Bertz CT molecular complexity index is 3580. The zero-order valence-electron chi connectivity index (χ0n) is 35.8. The first-order valence-corrected chi connectivity index (χ1v) is 21.9. The molecular formula is C58H45N5. The SMILES string of the molecule is CC1(C)CC(C)(C)c2c(-c3cccc(-n4c5ccccc5c5c6c7ccccc7n(-c7nc(-c8ccccc8)nc(-c8ccc(-c9ccccc9)cc8)n7)c6ccc54)c3)cccc21. The predicted molar refractivity (Wildman–Crippen MR) is 261 cm³/mol. The van der Waals surface area contributed by atoms with Crippen LogP contribution in [0, 0.1) is 0 Å². The highest BCUT2D eigenvalue weighted by atomic mass is 15.2. The smallest absolute Gasteiger partial charge is 0.238 e. The first-order valence-electron chi connectivity index (χ1n) is 21.9. The van der Waals surface area contributed by atoms with E-state index in [1.54, 1.807) is 0 Å². The van der Waals surface area contributed by atoms with Crippen LogP contribution in [0.25, 0.3) is 100 Å². The van der Waals surface area contributed by atoms with Gasteiger partial charge in [-0.25, -0.2) is 4.98 Å². The molecule has 1 aliphatic rings. The Hall–Kier alpha value is -7.63. The van der Waals surface area contributed by atoms with Crippen molar-refractivity contribution in [3.63, 3.8) is 0 Å². The summed E-state index contributed by atoms with van der Waals surface area (Å²) in [5, 5.41) is 4.74. The van der Waals surface area contributed by atoms with Gasteiger partial charge in [-0.3, -0.25) is 4.57 Å². The van der Waals surface area contributed by atoms with Crippen molar-refractivity contribution in [1.29, 1.82) is 0 Å². The summed E-state index contributed by atoms with van der Waals surface area (Å²) in [6.07, 6.45) is 1.13. The summed E-state index contributed by atoms with van der Waals surface area (Å²) in [6.45, 7) is 9.60. The third-order valence-electron chi connectivity index (χ3n) is 13.3. The minimum Gasteiger partial charge on any atom is -0.309 e. The second-order valence-electron chi connectivity index (χ2n) is 18.4. The van der Waals surface area contributed by atoms with E-state index in [1.165, 1.54) is 49.5 Å². The Morgan fingerprint density at radius 1 is 0.397 bits per heavy atom. The van der Waals surface area contributed by atoms with Gasteiger partial charge in [0.15, 0.2) is 11.6 Å². The first-order chi connectivity index (χ1) is 30.7. The fraction of sp³-hybridized carbons (Fsp3) is 0.121. The summed E-state index contributed by atoms with van der Waals surface area (Å²) < 4.78 is 4.68. The molecule has 0 unspecified atom stereocenters. The molecule has 0 saturated carbocycles. The third kappa shape index (κ3) is 5.87. The Morgan fingerprint density at radius 3 is 1.57 bits per heavy atom. The second-order valence-corrected chi connectivity index (χ2v) is 18.4. The van der Waals surface area contributed by atoms with E-state index in [2.05, 4.69) is 201 Å². The maximum absolute atomic E-state index is 5.29. The van der Waals surface area contributed by atoms with Crippen LogP contribution in [0.15, 0.2) is 188 Å². The van der Waals surface area contributed by atoms with Crippen LogP contribution < -0.4 is 0 Å². The van der Waals surface area contributed by atoms with Crippen molar-refractivity contribution in [2.45, 2.75) is 44.9 Å². The zero-order chi connectivity index (χ0) is 42.5. The number of hydrogen-bond donors (Lipinski definition) is 0. The minimum absolute atomic E-state index is 0.0756. The van der Waals surface area contributed by atoms with Crippen LogP contribution >= 0.6 is 0 Å². The highest BCUT2D eigenvalue weighted by Gasteiger charge is 2.43. The summed E-state index contributed by atoms with van der Waals surface area (Å²) in [5.41, 5.74) is 15.4. The summed E-state index contributed by atoms with van der Waals surface area (Å²) in [5.74, 6) is 1.83. The largest absolute Gasteiger partial charge is 0.309 e. The van der Waals surface area contributed by atoms with E-state index in [1.807, 2.05) is 24.3 Å². The van der Waals surface area contributed by atoms with E-state index in [0.717, 1.165) is 50.7 Å². The summed E-state index contributed by atoms with van der Waals surface area (Å²) >= 11 is 0. The molecule has 0 N–H and O–H groups in total. The number of fused-ring (bicyclic) bond motifs is 8. The van der Waals surface area contributed by atoms with E-state index in [0.29, 0.717) is 17.6 Å². The van der Waals surface area contributed by atoms with Gasteiger partial charge < -0.3 is 4.57 Å². The van der Waals surface area contributed by atoms with Gasteiger partial charge in [-0.2, -0.15) is 9.97 Å². The molecule has 1 aliphatic carbocycles. The van der Waals surface area contributed by atoms with Crippen molar-refractivity contribution < 1.29 is 0 Å². The van der Waals surface area contributed by atoms with Crippen molar-refractivity contribution in [3.8, 4) is 56.7 Å². The van der Waals surface area contributed by atoms with Gasteiger partial charge in [-0.15, -0.1) is 0 Å². The van der Waals surface area contributed by atoms with E-state index < -0.39 is 0 Å². The Morgan fingerprint density at radius 2 is 0.905 bits per heavy atom. The number of aromatic nitrogens is 5. The number of hydrogen-bond acceptors (Lipinski definition) is 3. The van der Waals surface area contributed by atoms with E-state index in [-0.39, 0.29) is 10.8 Å². The molecular weight excluding hydrogens is 767 g/mol. The van der Waals surface area contributed by atoms with Gasteiger partial charge >= 0.3 is 0 Å². The molecule has 3 aromatic heterocycles. The van der Waals surface area contributed by atoms with E-state index in [9.17, 15) is 0 Å². The lowest BCUT2D eigenvalue weighted by molar-refractivity contribution is 0.403. The molecule has 12 rings (SSSR count). The average molecular weight is 812 g/mol. The lowest BCUT2D eigenvalue weighted by Crippen LogP contribution is -2.18. The van der Waals surface area contributed by atoms with E-state index >= 15 is 0 Å². The minimum atomic E-state index is 0.0756. The molecule has 63 heavy (non-hydrogen) atoms. The van der Waals surface area contributed by atoms with Gasteiger partial charge in [0.25, 0.3) is 0 Å². The molecule has 0 aliphatic heterocycles. The van der Waals surface area contributed by atoms with Gasteiger partial charge in [0, 0.05) is 38.4 Å². The second kappa shape index (κ2) is 13.9. The van der Waals surface area contributed by atoms with Crippen LogP contribution in [0.5, 0.6) is 0 Å². The molecule has 0 radical (unpaired) electrons. The molecule has 302 valence electrons. The topological polar surface area (TPSA) is 48.5 Å². The van der Waals surface area contributed by atoms with Crippen LogP contribution in [-0.4, -0.2) is 24.1 Å². The molecule has 0 spiro atoms. The lowest BCUT2D eigenvalue weighted by atomic mass is 9.80. The predicted octanol–water partition coefficient (Wildman–Crippen LogP) is 14.7. The van der Waals surface area contributed by atoms with Gasteiger partial charge in [-0.1, -0.05) is 179 Å². The number of nitrogens with zero attached hydrogens (tertiary/aromatic N) is 5. The zero-order valence-corrected chi connectivity index (χ0v) is 35.8. The quantitative estimate of drug-likeness (QED) is 0.168. The molecule has 0 amide bonds. The molecule has 0 bridgehead atoms. The van der Waals surface area contributed by atoms with Gasteiger partial charge in [0.2, 0.25) is 5.95 Å². The molecule has 0 atom stereocenters. The Kier molecular flexibility index (Phi) is 8.23. The molecule has 3 heterocycles. The van der Waals surface area contributed by atoms with Crippen LogP contribution in [0.1, 0.15) is 45.2 Å². The first kappa shape index (κ1) is 37.2. The van der Waals surface area contributed by atoms with Crippen molar-refractivity contribution >= 4 is 43.6 Å². The molecule has 11 aromatic rings. The maximum atomic E-state index is 5.29. The highest BCUT2D eigenvalue weighted by Crippen LogP contribution is 2.53. The van der Waals surface area contributed by atoms with Gasteiger partial charge in [0.05, 0.1) is 22.1 Å². The van der Waals surface area contributed by atoms with Gasteiger partial charge in [-0.05, 0) is 87.0 Å². The maximum Gasteiger partial charge on any atom is 0.238 e. The van der Waals surface area contributed by atoms with Crippen molar-refractivity contribution in [2.75, 3.05) is 0 Å². The van der Waals surface area contributed by atoms with Crippen molar-refractivity contribution in [1.82, 2.24) is 24.1 Å². The molecule has 0 fully saturated rings. The third-order valence-corrected chi connectivity index (χ3v) is 13.3. The summed E-state index contributed by atoms with van der Waals surface area (Å²) in [6, 6.07) is 67.3. The summed E-state index contributed by atoms with van der Waals surface area (Å²) in [4.78, 5) is 15.6. The summed E-state index contributed by atoms with van der Waals surface area (Å²) in [7, 11) is 0. The number of benzene rings is 8. The van der Waals surface area contributed by atoms with Crippen molar-refractivity contribution in [3.05, 3.63) is 199 Å². The molecule has 0 saturated heterocycles. The fourth-order valence-electron chi connectivity index (χ4n) is 11.0. The van der Waals surface area contributed by atoms with Gasteiger partial charge in [0.1, 0.15) is 0 Å². The highest BCUT2D eigenvalue weighted by molar-refractivity contribution is 6.28. The number of rotatable bonds is 6. The fourth-order valence-corrected chi connectivity index (χ4v) is 11.0. The Balaban J connectivity index is 1.08. The van der Waals surface area contributed by atoms with Crippen LogP contribution in [0.2, 0.25) is 0 Å². The average Bonchev–Trinajstić information content (AvgIpc) is 3.91. The number of para-hydroxylation sites is 2. The standard InChI is InChI=1S/C58H45N5/c1-57(2)36-58(3,4)53-43(25-16-26-46(53)57)41-21-15-22-42(35-41)62-47-27-13-11-23-44(47)51-49(62)33-34-50-52(51)45-24-12-14-28-48(45)63(50)56-60-54(39-19-9-6-10-20-39)59-55(61-56)40-31-29-38(30-32-40)37-17-7-5-8-18-37/h5-35H,36H2,1-4H3. The Labute approximate surface area is 367 Å². The monoisotopic (exact) mass is 811 g/mol. The molecule has 5 heteroatoms.